The summed E-state index contributed by atoms with van der Waals surface area (Å²) < 4.78 is 16.0. The number of ether oxygens (including phenoxy) is 1. The first kappa shape index (κ1) is 12.0. The quantitative estimate of drug-likeness (QED) is 0.770. The second-order valence-electron chi connectivity index (χ2n) is 2.98. The molecule has 0 fully saturated rings. The van der Waals surface area contributed by atoms with Gasteiger partial charge in [0.05, 0.1) is 7.11 Å². The molecule has 1 aromatic carbocycles. The molecule has 0 aliphatic heterocycles. The zero-order chi connectivity index (χ0) is 11.5. The second-order valence-corrected chi connectivity index (χ2v) is 4.55. The predicted molar refractivity (Wildman–Crippen MR) is 59.4 cm³/mol. The molecule has 0 spiro atoms. The van der Waals surface area contributed by atoms with Crippen LogP contribution in [0.4, 0.5) is 0 Å². The smallest absolute Gasteiger partial charge is 0.359 e. The summed E-state index contributed by atoms with van der Waals surface area (Å²) in [5, 5.41) is -0.0850. The Morgan fingerprint density at radius 2 is 2.07 bits per heavy atom. The van der Waals surface area contributed by atoms with E-state index in [9.17, 15) is 4.57 Å². The van der Waals surface area contributed by atoms with Crippen molar-refractivity contribution >= 4 is 19.0 Å². The number of allylic oxidation sites excluding steroid dienone is 1. The summed E-state index contributed by atoms with van der Waals surface area (Å²) >= 11 is 0. The molecule has 0 bridgehead atoms. The van der Waals surface area contributed by atoms with Gasteiger partial charge in [-0.25, -0.2) is 0 Å². The lowest BCUT2D eigenvalue weighted by molar-refractivity contribution is 0.380. The molecule has 82 valence electrons. The number of rotatable bonds is 3. The van der Waals surface area contributed by atoms with Crippen molar-refractivity contribution in [2.45, 2.75) is 6.92 Å². The molecule has 5 heteroatoms. The first-order valence-corrected chi connectivity index (χ1v) is 5.97. The summed E-state index contributed by atoms with van der Waals surface area (Å²) in [7, 11) is -2.88. The van der Waals surface area contributed by atoms with Crippen LogP contribution in [0.2, 0.25) is 0 Å². The molecule has 1 aromatic rings. The van der Waals surface area contributed by atoms with Crippen LogP contribution in [0.5, 0.6) is 5.75 Å². The molecule has 0 amide bonds. The average Bonchev–Trinajstić information content (AvgIpc) is 2.16. The summed E-state index contributed by atoms with van der Waals surface area (Å²) in [4.78, 5) is 18.1. The van der Waals surface area contributed by atoms with Crippen molar-refractivity contribution in [3.63, 3.8) is 0 Å². The Bertz CT molecular complexity index is 419. The Balaban J connectivity index is 3.27. The molecule has 0 heterocycles. The third-order valence-corrected chi connectivity index (χ3v) is 2.87. The van der Waals surface area contributed by atoms with E-state index >= 15 is 0 Å². The van der Waals surface area contributed by atoms with Gasteiger partial charge in [0.15, 0.2) is 0 Å². The van der Waals surface area contributed by atoms with Crippen molar-refractivity contribution in [2.75, 3.05) is 7.11 Å². The van der Waals surface area contributed by atoms with Crippen LogP contribution in [0.1, 0.15) is 12.5 Å². The van der Waals surface area contributed by atoms with Crippen LogP contribution in [-0.2, 0) is 4.57 Å². The lowest BCUT2D eigenvalue weighted by atomic mass is 10.2. The van der Waals surface area contributed by atoms with Crippen LogP contribution in [0.3, 0.4) is 0 Å². The van der Waals surface area contributed by atoms with Crippen LogP contribution in [0.25, 0.3) is 6.08 Å². The zero-order valence-corrected chi connectivity index (χ0v) is 9.44. The van der Waals surface area contributed by atoms with Gasteiger partial charge in [0, 0.05) is 0 Å². The molecule has 0 radical (unpaired) electrons. The third kappa shape index (κ3) is 2.93. The largest absolute Gasteiger partial charge is 0.496 e. The van der Waals surface area contributed by atoms with Gasteiger partial charge in [-0.05, 0) is 24.6 Å². The maximum atomic E-state index is 11.1. The third-order valence-electron chi connectivity index (χ3n) is 1.88. The summed E-state index contributed by atoms with van der Waals surface area (Å²) in [6.45, 7) is 1.86. The highest BCUT2D eigenvalue weighted by atomic mass is 31.2. The predicted octanol–water partition coefficient (Wildman–Crippen LogP) is 1.53. The van der Waals surface area contributed by atoms with Gasteiger partial charge in [-0.1, -0.05) is 18.2 Å². The van der Waals surface area contributed by atoms with E-state index in [0.29, 0.717) is 0 Å². The molecule has 0 aromatic heterocycles. The fraction of sp³-hybridized carbons (Fsp3) is 0.200. The van der Waals surface area contributed by atoms with Gasteiger partial charge in [0.2, 0.25) is 0 Å². The molecule has 0 saturated carbocycles. The summed E-state index contributed by atoms with van der Waals surface area (Å²) in [5.41, 5.74) is 0.839. The molecule has 4 nitrogen and oxygen atoms in total. The Hall–Kier alpha value is -1.09. The van der Waals surface area contributed by atoms with E-state index < -0.39 is 7.60 Å². The van der Waals surface area contributed by atoms with E-state index in [1.807, 2.05) is 19.1 Å². The normalized spacial score (nSPS) is 12.0. The highest BCUT2D eigenvalue weighted by Gasteiger charge is 2.22. The van der Waals surface area contributed by atoms with Crippen molar-refractivity contribution in [3.05, 3.63) is 29.8 Å². The van der Waals surface area contributed by atoms with E-state index in [1.165, 1.54) is 13.2 Å². The first-order chi connectivity index (χ1) is 6.99. The van der Waals surface area contributed by atoms with Crippen molar-refractivity contribution in [3.8, 4) is 5.75 Å². The van der Waals surface area contributed by atoms with Crippen molar-refractivity contribution in [2.24, 2.45) is 0 Å². The molecule has 2 N–H and O–H groups in total. The SMILES string of the molecule is C/C=C/c1ccc(P(=O)(O)O)c(OC)c1. The van der Waals surface area contributed by atoms with Crippen molar-refractivity contribution in [1.82, 2.24) is 0 Å². The van der Waals surface area contributed by atoms with Gasteiger partial charge < -0.3 is 14.5 Å². The lowest BCUT2D eigenvalue weighted by Crippen LogP contribution is -2.08. The minimum absolute atomic E-state index is 0.0850. The van der Waals surface area contributed by atoms with Crippen LogP contribution < -0.4 is 10.0 Å². The van der Waals surface area contributed by atoms with Crippen LogP contribution in [-0.4, -0.2) is 16.9 Å². The highest BCUT2D eigenvalue weighted by molar-refractivity contribution is 7.60. The van der Waals surface area contributed by atoms with Crippen LogP contribution in [0.15, 0.2) is 24.3 Å². The van der Waals surface area contributed by atoms with Gasteiger partial charge in [0.1, 0.15) is 11.1 Å². The number of benzene rings is 1. The zero-order valence-electron chi connectivity index (χ0n) is 8.54. The average molecular weight is 228 g/mol. The first-order valence-electron chi connectivity index (χ1n) is 4.36. The van der Waals surface area contributed by atoms with Gasteiger partial charge in [-0.2, -0.15) is 0 Å². The summed E-state index contributed by atoms with van der Waals surface area (Å²) in [5.74, 6) is 0.207. The van der Waals surface area contributed by atoms with Crippen molar-refractivity contribution in [1.29, 1.82) is 0 Å². The van der Waals surface area contributed by atoms with E-state index in [1.54, 1.807) is 12.1 Å². The maximum absolute atomic E-state index is 11.1. The molecule has 0 aliphatic rings. The molecular formula is C10H13O4P. The van der Waals surface area contributed by atoms with Gasteiger partial charge in [-0.3, -0.25) is 4.57 Å². The number of hydrogen-bond donors (Lipinski definition) is 2. The van der Waals surface area contributed by atoms with Crippen LogP contribution >= 0.6 is 7.60 Å². The maximum Gasteiger partial charge on any atom is 0.359 e. The monoisotopic (exact) mass is 228 g/mol. The fourth-order valence-electron chi connectivity index (χ4n) is 1.23. The minimum Gasteiger partial charge on any atom is -0.496 e. The van der Waals surface area contributed by atoms with Crippen LogP contribution in [0, 0.1) is 0 Å². The molecule has 0 atom stereocenters. The number of methoxy groups -OCH3 is 1. The Labute approximate surface area is 88.4 Å². The molecule has 0 unspecified atom stereocenters. The van der Waals surface area contributed by atoms with Gasteiger partial charge in [0.25, 0.3) is 0 Å². The molecule has 1 rings (SSSR count). The lowest BCUT2D eigenvalue weighted by Gasteiger charge is -2.10. The van der Waals surface area contributed by atoms with Crippen molar-refractivity contribution < 1.29 is 19.1 Å². The summed E-state index contributed by atoms with van der Waals surface area (Å²) in [6, 6.07) is 4.61. The summed E-state index contributed by atoms with van der Waals surface area (Å²) in [6.07, 6.45) is 3.66. The Kier molecular flexibility index (Phi) is 3.69. The molecular weight excluding hydrogens is 215 g/mol. The fourth-order valence-corrected chi connectivity index (χ4v) is 1.94. The van der Waals surface area contributed by atoms with E-state index in [4.69, 9.17) is 14.5 Å². The standard InChI is InChI=1S/C10H13O4P/c1-3-4-8-5-6-10(15(11,12)13)9(7-8)14-2/h3-7H,1-2H3,(H2,11,12,13)/b4-3+. The molecule has 0 saturated heterocycles. The minimum atomic E-state index is -4.26. The Morgan fingerprint density at radius 1 is 1.40 bits per heavy atom. The van der Waals surface area contributed by atoms with Gasteiger partial charge >= 0.3 is 7.60 Å². The highest BCUT2D eigenvalue weighted by Crippen LogP contribution is 2.37. The molecule has 0 aliphatic carbocycles. The van der Waals surface area contributed by atoms with Gasteiger partial charge in [-0.15, -0.1) is 0 Å². The Morgan fingerprint density at radius 3 is 2.53 bits per heavy atom. The molecule has 15 heavy (non-hydrogen) atoms. The van der Waals surface area contributed by atoms with E-state index in [2.05, 4.69) is 0 Å². The second kappa shape index (κ2) is 4.62. The number of hydrogen-bond acceptors (Lipinski definition) is 2. The van der Waals surface area contributed by atoms with E-state index in [-0.39, 0.29) is 11.1 Å². The topological polar surface area (TPSA) is 66.8 Å². The van der Waals surface area contributed by atoms with E-state index in [0.717, 1.165) is 5.56 Å².